The molecular formula is C8H13BrN4. The molecule has 0 aromatic carbocycles. The smallest absolute Gasteiger partial charge is 0.141 e. The van der Waals surface area contributed by atoms with Crippen LogP contribution >= 0.6 is 15.9 Å². The Morgan fingerprint density at radius 3 is 3.15 bits per heavy atom. The number of hydrogen-bond donors (Lipinski definition) is 1. The number of aromatic nitrogens is 2. The van der Waals surface area contributed by atoms with Gasteiger partial charge in [-0.05, 0) is 22.5 Å². The summed E-state index contributed by atoms with van der Waals surface area (Å²) in [6.07, 6.45) is 1.84. The standard InChI is InChI=1S/C8H13BrN4/c1-12-4-6(2-10)5-13-8(12)7(9)3-11-13/h3,6H,2,4-5,10H2,1H3. The number of fused-ring (bicyclic) bond motifs is 1. The Hall–Kier alpha value is -0.550. The lowest BCUT2D eigenvalue weighted by atomic mass is 10.1. The van der Waals surface area contributed by atoms with Crippen molar-refractivity contribution in [1.29, 1.82) is 0 Å². The molecule has 1 atom stereocenters. The molecule has 0 amide bonds. The van der Waals surface area contributed by atoms with E-state index in [4.69, 9.17) is 5.73 Å². The number of halogens is 1. The summed E-state index contributed by atoms with van der Waals surface area (Å²) in [5.74, 6) is 1.68. The van der Waals surface area contributed by atoms with Crippen LogP contribution < -0.4 is 10.6 Å². The van der Waals surface area contributed by atoms with Crippen molar-refractivity contribution in [2.24, 2.45) is 11.7 Å². The number of nitrogens with two attached hydrogens (primary N) is 1. The third-order valence-corrected chi connectivity index (χ3v) is 2.99. The van der Waals surface area contributed by atoms with Gasteiger partial charge in [0.25, 0.3) is 0 Å². The average molecular weight is 245 g/mol. The SMILES string of the molecule is CN1CC(CN)Cn2ncc(Br)c21. The van der Waals surface area contributed by atoms with Crippen molar-refractivity contribution in [3.05, 3.63) is 10.7 Å². The Kier molecular flexibility index (Phi) is 2.29. The fourth-order valence-corrected chi connectivity index (χ4v) is 2.39. The second-order valence-corrected chi connectivity index (χ2v) is 4.33. The highest BCUT2D eigenvalue weighted by atomic mass is 79.9. The zero-order chi connectivity index (χ0) is 9.42. The van der Waals surface area contributed by atoms with Gasteiger partial charge in [0.15, 0.2) is 0 Å². The van der Waals surface area contributed by atoms with Gasteiger partial charge in [-0.2, -0.15) is 5.10 Å². The van der Waals surface area contributed by atoms with E-state index in [9.17, 15) is 0 Å². The van der Waals surface area contributed by atoms with Gasteiger partial charge in [-0.15, -0.1) is 0 Å². The van der Waals surface area contributed by atoms with E-state index >= 15 is 0 Å². The highest BCUT2D eigenvalue weighted by molar-refractivity contribution is 9.10. The van der Waals surface area contributed by atoms with Crippen molar-refractivity contribution in [3.8, 4) is 0 Å². The van der Waals surface area contributed by atoms with Crippen LogP contribution in [0.3, 0.4) is 0 Å². The van der Waals surface area contributed by atoms with Crippen LogP contribution in [0.1, 0.15) is 0 Å². The van der Waals surface area contributed by atoms with Gasteiger partial charge in [0.05, 0.1) is 10.7 Å². The summed E-state index contributed by atoms with van der Waals surface area (Å²) in [5.41, 5.74) is 5.65. The molecule has 1 aliphatic rings. The van der Waals surface area contributed by atoms with Gasteiger partial charge in [0, 0.05) is 26.1 Å². The molecule has 1 aromatic heterocycles. The Morgan fingerprint density at radius 1 is 1.69 bits per heavy atom. The van der Waals surface area contributed by atoms with E-state index in [-0.39, 0.29) is 0 Å². The summed E-state index contributed by atoms with van der Waals surface area (Å²) in [5, 5.41) is 4.28. The molecule has 5 heteroatoms. The van der Waals surface area contributed by atoms with Crippen molar-refractivity contribution < 1.29 is 0 Å². The van der Waals surface area contributed by atoms with Crippen LogP contribution in [0.5, 0.6) is 0 Å². The molecule has 0 saturated heterocycles. The Balaban J connectivity index is 2.33. The molecule has 2 N–H and O–H groups in total. The average Bonchev–Trinajstić information content (AvgIpc) is 2.48. The maximum Gasteiger partial charge on any atom is 0.141 e. The lowest BCUT2D eigenvalue weighted by molar-refractivity contribution is 0.396. The molecule has 2 rings (SSSR count). The number of rotatable bonds is 1. The van der Waals surface area contributed by atoms with Crippen LogP contribution in [-0.4, -0.2) is 29.9 Å². The van der Waals surface area contributed by atoms with Crippen molar-refractivity contribution in [3.63, 3.8) is 0 Å². The minimum absolute atomic E-state index is 0.518. The number of hydrogen-bond acceptors (Lipinski definition) is 3. The fourth-order valence-electron chi connectivity index (χ4n) is 1.79. The molecule has 0 bridgehead atoms. The van der Waals surface area contributed by atoms with Gasteiger partial charge in [-0.1, -0.05) is 0 Å². The third kappa shape index (κ3) is 1.46. The Morgan fingerprint density at radius 2 is 2.46 bits per heavy atom. The van der Waals surface area contributed by atoms with Crippen LogP contribution in [0, 0.1) is 5.92 Å². The summed E-state index contributed by atoms with van der Waals surface area (Å²) in [6, 6.07) is 0. The number of nitrogens with zero attached hydrogens (tertiary/aromatic N) is 3. The second-order valence-electron chi connectivity index (χ2n) is 3.48. The zero-order valence-corrected chi connectivity index (χ0v) is 9.16. The van der Waals surface area contributed by atoms with E-state index in [0.29, 0.717) is 5.92 Å². The van der Waals surface area contributed by atoms with E-state index in [0.717, 1.165) is 29.9 Å². The van der Waals surface area contributed by atoms with Gasteiger partial charge in [-0.25, -0.2) is 4.68 Å². The van der Waals surface area contributed by atoms with Gasteiger partial charge < -0.3 is 10.6 Å². The minimum atomic E-state index is 0.518. The van der Waals surface area contributed by atoms with E-state index in [1.807, 2.05) is 10.9 Å². The predicted molar refractivity (Wildman–Crippen MR) is 55.7 cm³/mol. The first kappa shape index (κ1) is 9.02. The molecule has 4 nitrogen and oxygen atoms in total. The van der Waals surface area contributed by atoms with Gasteiger partial charge in [-0.3, -0.25) is 0 Å². The molecule has 72 valence electrons. The summed E-state index contributed by atoms with van der Waals surface area (Å²) < 4.78 is 3.07. The monoisotopic (exact) mass is 244 g/mol. The quantitative estimate of drug-likeness (QED) is 0.791. The molecule has 0 aliphatic carbocycles. The van der Waals surface area contributed by atoms with Crippen LogP contribution in [0.4, 0.5) is 5.82 Å². The Labute approximate surface area is 85.8 Å². The molecule has 2 heterocycles. The van der Waals surface area contributed by atoms with E-state index in [1.165, 1.54) is 0 Å². The molecule has 1 aromatic rings. The molecule has 0 saturated carbocycles. The van der Waals surface area contributed by atoms with Crippen molar-refractivity contribution >= 4 is 21.7 Å². The predicted octanol–water partition coefficient (Wildman–Crippen LogP) is 0.670. The lowest BCUT2D eigenvalue weighted by Crippen LogP contribution is -2.39. The molecule has 0 radical (unpaired) electrons. The maximum atomic E-state index is 5.65. The van der Waals surface area contributed by atoms with Crippen molar-refractivity contribution in [1.82, 2.24) is 9.78 Å². The summed E-state index contributed by atoms with van der Waals surface area (Å²) in [6.45, 7) is 2.67. The first-order chi connectivity index (χ1) is 6.22. The van der Waals surface area contributed by atoms with E-state index < -0.39 is 0 Å². The molecular weight excluding hydrogens is 232 g/mol. The van der Waals surface area contributed by atoms with E-state index in [2.05, 4.69) is 33.0 Å². The maximum absolute atomic E-state index is 5.65. The summed E-state index contributed by atoms with van der Waals surface area (Å²) in [4.78, 5) is 2.19. The Bertz CT molecular complexity index is 309. The topological polar surface area (TPSA) is 47.1 Å². The van der Waals surface area contributed by atoms with Gasteiger partial charge in [0.1, 0.15) is 5.82 Å². The second kappa shape index (κ2) is 3.31. The summed E-state index contributed by atoms with van der Waals surface area (Å²) in [7, 11) is 2.07. The lowest BCUT2D eigenvalue weighted by Gasteiger charge is -2.31. The van der Waals surface area contributed by atoms with Crippen LogP contribution in [0.2, 0.25) is 0 Å². The van der Waals surface area contributed by atoms with Crippen LogP contribution in [0.15, 0.2) is 10.7 Å². The third-order valence-electron chi connectivity index (χ3n) is 2.43. The van der Waals surface area contributed by atoms with Crippen LogP contribution in [-0.2, 0) is 6.54 Å². The first-order valence-corrected chi connectivity index (χ1v) is 5.14. The molecule has 1 unspecified atom stereocenters. The molecule has 0 fully saturated rings. The first-order valence-electron chi connectivity index (χ1n) is 4.35. The van der Waals surface area contributed by atoms with Crippen molar-refractivity contribution in [2.45, 2.75) is 6.54 Å². The fraction of sp³-hybridized carbons (Fsp3) is 0.625. The minimum Gasteiger partial charge on any atom is -0.359 e. The highest BCUT2D eigenvalue weighted by Gasteiger charge is 2.23. The normalized spacial score (nSPS) is 21.8. The van der Waals surface area contributed by atoms with Gasteiger partial charge in [0.2, 0.25) is 0 Å². The van der Waals surface area contributed by atoms with Gasteiger partial charge >= 0.3 is 0 Å². The van der Waals surface area contributed by atoms with E-state index in [1.54, 1.807) is 0 Å². The molecule has 1 aliphatic heterocycles. The largest absolute Gasteiger partial charge is 0.359 e. The molecule has 0 spiro atoms. The number of anilines is 1. The summed E-state index contributed by atoms with van der Waals surface area (Å²) >= 11 is 3.48. The van der Waals surface area contributed by atoms with Crippen LogP contribution in [0.25, 0.3) is 0 Å². The van der Waals surface area contributed by atoms with Crippen molar-refractivity contribution in [2.75, 3.05) is 25.0 Å². The zero-order valence-electron chi connectivity index (χ0n) is 7.57. The highest BCUT2D eigenvalue weighted by Crippen LogP contribution is 2.29. The molecule has 13 heavy (non-hydrogen) atoms.